The van der Waals surface area contributed by atoms with Crippen molar-refractivity contribution in [2.45, 2.75) is 37.6 Å². The molecule has 1 atom stereocenters. The van der Waals surface area contributed by atoms with Crippen molar-refractivity contribution in [3.05, 3.63) is 60.0 Å². The van der Waals surface area contributed by atoms with Gasteiger partial charge < -0.3 is 15.4 Å². The van der Waals surface area contributed by atoms with Crippen molar-refractivity contribution in [3.8, 4) is 17.0 Å². The Morgan fingerprint density at radius 3 is 2.61 bits per heavy atom. The van der Waals surface area contributed by atoms with E-state index >= 15 is 0 Å². The summed E-state index contributed by atoms with van der Waals surface area (Å²) >= 11 is 0. The van der Waals surface area contributed by atoms with E-state index in [4.69, 9.17) is 15.5 Å². The van der Waals surface area contributed by atoms with Crippen LogP contribution in [-0.4, -0.2) is 43.5 Å². The minimum atomic E-state index is -4.29. The number of halogens is 1. The molecule has 0 radical (unpaired) electrons. The maximum Gasteiger partial charge on any atom is 0.268 e. The number of nitrogens with zero attached hydrogens (tertiary/aromatic N) is 3. The second kappa shape index (κ2) is 9.38. The number of hydrogen-bond donors (Lipinski definition) is 2. The Labute approximate surface area is 209 Å². The van der Waals surface area contributed by atoms with Crippen LogP contribution in [0.2, 0.25) is 0 Å². The molecule has 1 aliphatic heterocycles. The third-order valence-corrected chi connectivity index (χ3v) is 8.21. The second-order valence-corrected chi connectivity index (χ2v) is 10.9. The molecule has 0 bridgehead atoms. The van der Waals surface area contributed by atoms with Crippen molar-refractivity contribution in [3.63, 3.8) is 0 Å². The third kappa shape index (κ3) is 4.58. The normalized spacial score (nSPS) is 17.1. The predicted molar refractivity (Wildman–Crippen MR) is 135 cm³/mol. The van der Waals surface area contributed by atoms with Crippen LogP contribution in [0.15, 0.2) is 53.6 Å². The van der Waals surface area contributed by atoms with Crippen LogP contribution < -0.4 is 20.1 Å². The Morgan fingerprint density at radius 1 is 1.25 bits per heavy atom. The van der Waals surface area contributed by atoms with Crippen molar-refractivity contribution < 1.29 is 22.3 Å². The van der Waals surface area contributed by atoms with Crippen molar-refractivity contribution >= 4 is 27.6 Å². The zero-order valence-corrected chi connectivity index (χ0v) is 21.3. The summed E-state index contributed by atoms with van der Waals surface area (Å²) in [4.78, 5) is 23.5. The van der Waals surface area contributed by atoms with Gasteiger partial charge in [0.05, 0.1) is 18.4 Å². The number of aromatic nitrogens is 2. The first-order valence-corrected chi connectivity index (χ1v) is 12.8. The van der Waals surface area contributed by atoms with Crippen LogP contribution in [0.5, 0.6) is 5.75 Å². The van der Waals surface area contributed by atoms with Gasteiger partial charge in [-0.1, -0.05) is 6.92 Å². The number of nitrogen functional groups attached to an aromatic ring is 1. The average molecular weight is 514 g/mol. The number of pyridine rings is 2. The molecule has 36 heavy (non-hydrogen) atoms. The zero-order valence-electron chi connectivity index (χ0n) is 20.4. The number of methoxy groups -OCH3 is 1. The van der Waals surface area contributed by atoms with Crippen molar-refractivity contribution in [1.82, 2.24) is 14.7 Å². The lowest BCUT2D eigenvalue weighted by molar-refractivity contribution is 0.0981. The molecule has 3 heterocycles. The lowest BCUT2D eigenvalue weighted by Gasteiger charge is -2.36. The zero-order chi connectivity index (χ0) is 26.3. The summed E-state index contributed by atoms with van der Waals surface area (Å²) in [5, 5.41) is 0. The fourth-order valence-corrected chi connectivity index (χ4v) is 5.34. The van der Waals surface area contributed by atoms with Crippen molar-refractivity contribution in [2.24, 2.45) is 5.92 Å². The molecule has 4 rings (SSSR count). The van der Waals surface area contributed by atoms with E-state index in [0.717, 1.165) is 6.42 Å². The molecule has 190 valence electrons. The summed E-state index contributed by atoms with van der Waals surface area (Å²) in [7, 11) is -2.91. The first kappa shape index (κ1) is 25.4. The number of anilines is 2. The highest BCUT2D eigenvalue weighted by molar-refractivity contribution is 7.90. The molecule has 11 heteroatoms. The van der Waals surface area contributed by atoms with Crippen LogP contribution in [0.4, 0.5) is 16.0 Å². The Bertz CT molecular complexity index is 1430. The summed E-state index contributed by atoms with van der Waals surface area (Å²) in [6.45, 7) is 6.81. The van der Waals surface area contributed by atoms with Crippen LogP contribution in [0.3, 0.4) is 0 Å². The molecule has 1 saturated heterocycles. The summed E-state index contributed by atoms with van der Waals surface area (Å²) < 4.78 is 47.3. The van der Waals surface area contributed by atoms with Gasteiger partial charge in [0.2, 0.25) is 0 Å². The Hall–Kier alpha value is -3.73. The second-order valence-electron chi connectivity index (χ2n) is 9.23. The largest absolute Gasteiger partial charge is 0.494 e. The molecule has 3 aromatic rings. The van der Waals surface area contributed by atoms with Crippen LogP contribution in [0.25, 0.3) is 11.3 Å². The van der Waals surface area contributed by atoms with E-state index in [1.54, 1.807) is 12.1 Å². The molecule has 1 aliphatic rings. The maximum atomic E-state index is 14.4. The molecule has 0 aliphatic carbocycles. The summed E-state index contributed by atoms with van der Waals surface area (Å²) in [6.07, 6.45) is 2.22. The highest BCUT2D eigenvalue weighted by Gasteiger charge is 2.41. The maximum absolute atomic E-state index is 14.4. The first-order valence-electron chi connectivity index (χ1n) is 11.4. The van der Waals surface area contributed by atoms with E-state index in [9.17, 15) is 17.6 Å². The topological polar surface area (TPSA) is 128 Å². The van der Waals surface area contributed by atoms with E-state index < -0.39 is 21.7 Å². The minimum absolute atomic E-state index is 0.0703. The Balaban J connectivity index is 1.79. The molecule has 1 amide bonds. The predicted octanol–water partition coefficient (Wildman–Crippen LogP) is 3.62. The standard InChI is InChI=1S/C25H28FN5O4S/c1-15-11-13-31(25(15,2)3)23-17(24(32)30-36(33,34)21-6-5-12-28-22(21)27)8-9-19(29-23)16-7-10-20(35-4)18(26)14-16/h5-10,12,14-15H,11,13H2,1-4H3,(H2,27,28)(H,30,32). The van der Waals surface area contributed by atoms with Crippen molar-refractivity contribution in [2.75, 3.05) is 24.3 Å². The number of benzene rings is 1. The van der Waals surface area contributed by atoms with Gasteiger partial charge in [-0.25, -0.2) is 27.5 Å². The summed E-state index contributed by atoms with van der Waals surface area (Å²) in [6, 6.07) is 10.2. The fraction of sp³-hybridized carbons (Fsp3) is 0.320. The van der Waals surface area contributed by atoms with Crippen LogP contribution in [0, 0.1) is 11.7 Å². The number of rotatable bonds is 6. The number of ether oxygens (including phenoxy) is 1. The van der Waals surface area contributed by atoms with Gasteiger partial charge in [-0.15, -0.1) is 0 Å². The number of carbonyl (C=O) groups is 1. The number of carbonyl (C=O) groups excluding carboxylic acids is 1. The molecule has 1 fully saturated rings. The van der Waals surface area contributed by atoms with Gasteiger partial charge in [-0.2, -0.15) is 0 Å². The monoisotopic (exact) mass is 513 g/mol. The molecule has 1 unspecified atom stereocenters. The molecule has 3 N–H and O–H groups in total. The van der Waals surface area contributed by atoms with Crippen LogP contribution in [-0.2, 0) is 10.0 Å². The van der Waals surface area contributed by atoms with Gasteiger partial charge in [-0.3, -0.25) is 4.79 Å². The molecular weight excluding hydrogens is 485 g/mol. The van der Waals surface area contributed by atoms with Gasteiger partial charge in [0, 0.05) is 23.8 Å². The number of hydrogen-bond acceptors (Lipinski definition) is 8. The van der Waals surface area contributed by atoms with Gasteiger partial charge >= 0.3 is 0 Å². The molecule has 9 nitrogen and oxygen atoms in total. The fourth-order valence-electron chi connectivity index (χ4n) is 4.29. The molecule has 1 aromatic carbocycles. The molecule has 0 spiro atoms. The molecular formula is C25H28FN5O4S. The smallest absolute Gasteiger partial charge is 0.268 e. The van der Waals surface area contributed by atoms with Crippen LogP contribution in [0.1, 0.15) is 37.6 Å². The SMILES string of the molecule is COc1ccc(-c2ccc(C(=O)NS(=O)(=O)c3cccnc3N)c(N3CCC(C)C3(C)C)n2)cc1F. The first-order chi connectivity index (χ1) is 17.0. The van der Waals surface area contributed by atoms with Crippen molar-refractivity contribution in [1.29, 1.82) is 0 Å². The van der Waals surface area contributed by atoms with Gasteiger partial charge in [0.25, 0.3) is 15.9 Å². The lowest BCUT2D eigenvalue weighted by atomic mass is 9.90. The summed E-state index contributed by atoms with van der Waals surface area (Å²) in [5.74, 6) is -0.924. The quantitative estimate of drug-likeness (QED) is 0.512. The highest BCUT2D eigenvalue weighted by atomic mass is 32.2. The number of sulfonamides is 1. The number of amides is 1. The van der Waals surface area contributed by atoms with Gasteiger partial charge in [0.15, 0.2) is 11.6 Å². The van der Waals surface area contributed by atoms with E-state index in [0.29, 0.717) is 23.6 Å². The van der Waals surface area contributed by atoms with E-state index in [1.165, 1.54) is 43.6 Å². The van der Waals surface area contributed by atoms with E-state index in [2.05, 4.69) is 16.6 Å². The van der Waals surface area contributed by atoms with Gasteiger partial charge in [0.1, 0.15) is 16.5 Å². The van der Waals surface area contributed by atoms with Gasteiger partial charge in [-0.05, 0) is 68.7 Å². The Kier molecular flexibility index (Phi) is 6.61. The Morgan fingerprint density at radius 2 is 2.00 bits per heavy atom. The lowest BCUT2D eigenvalue weighted by Crippen LogP contribution is -2.43. The molecule has 2 aromatic heterocycles. The summed E-state index contributed by atoms with van der Waals surface area (Å²) in [5.41, 5.74) is 6.34. The highest BCUT2D eigenvalue weighted by Crippen LogP contribution is 2.39. The van der Waals surface area contributed by atoms with E-state index in [-0.39, 0.29) is 33.5 Å². The van der Waals surface area contributed by atoms with E-state index in [1.807, 2.05) is 18.7 Å². The third-order valence-electron chi connectivity index (χ3n) is 6.83. The minimum Gasteiger partial charge on any atom is -0.494 e. The average Bonchev–Trinajstić information content (AvgIpc) is 3.10. The van der Waals surface area contributed by atoms with Crippen LogP contribution >= 0.6 is 0 Å². The number of nitrogens with one attached hydrogen (secondary N) is 1. The molecule has 0 saturated carbocycles. The number of nitrogens with two attached hydrogens (primary N) is 1.